The molecule has 0 saturated heterocycles. The van der Waals surface area contributed by atoms with Crippen LogP contribution in [0.1, 0.15) is 18.1 Å². The van der Waals surface area contributed by atoms with E-state index in [1.54, 1.807) is 6.07 Å². The Labute approximate surface area is 83.6 Å². The predicted molar refractivity (Wildman–Crippen MR) is 54.6 cm³/mol. The topological polar surface area (TPSA) is 46.2 Å². The number of hydrogen-bond donors (Lipinski definition) is 2. The summed E-state index contributed by atoms with van der Waals surface area (Å²) in [5.74, 6) is -0.261. The van der Waals surface area contributed by atoms with Crippen molar-refractivity contribution in [3.63, 3.8) is 0 Å². The smallest absolute Gasteiger partial charge is 0.123 e. The van der Waals surface area contributed by atoms with Crippen LogP contribution in [0.15, 0.2) is 18.2 Å². The molecule has 0 heterocycles. The van der Waals surface area contributed by atoms with E-state index >= 15 is 0 Å². The molecule has 0 amide bonds. The fraction of sp³-hybridized carbons (Fsp3) is 0.455. The van der Waals surface area contributed by atoms with Crippen molar-refractivity contribution in [2.24, 2.45) is 5.73 Å². The number of nitrogens with two attached hydrogens (primary N) is 1. The molecule has 0 saturated carbocycles. The Morgan fingerprint density at radius 3 is 2.57 bits per heavy atom. The highest BCUT2D eigenvalue weighted by atomic mass is 19.1. The molecule has 0 spiro atoms. The molecule has 1 rings (SSSR count). The number of hydrogen-bond acceptors (Lipinski definition) is 2. The van der Waals surface area contributed by atoms with Crippen LogP contribution in [0.25, 0.3) is 0 Å². The minimum absolute atomic E-state index is 0.0318. The molecule has 1 atom stereocenters. The summed E-state index contributed by atoms with van der Waals surface area (Å²) in [5, 5.41) is 9.26. The van der Waals surface area contributed by atoms with Crippen molar-refractivity contribution in [3.8, 4) is 0 Å². The van der Waals surface area contributed by atoms with Crippen LogP contribution in [-0.4, -0.2) is 18.3 Å². The van der Waals surface area contributed by atoms with Crippen LogP contribution in [0.2, 0.25) is 0 Å². The normalized spacial score (nSPS) is 15.2. The Balaban J connectivity index is 3.17. The lowest BCUT2D eigenvalue weighted by atomic mass is 9.81. The van der Waals surface area contributed by atoms with Crippen LogP contribution >= 0.6 is 0 Å². The van der Waals surface area contributed by atoms with E-state index in [0.29, 0.717) is 6.54 Å². The summed E-state index contributed by atoms with van der Waals surface area (Å²) in [6, 6.07) is 4.54. The second-order valence-corrected chi connectivity index (χ2v) is 3.88. The maximum absolute atomic E-state index is 12.8. The molecule has 1 unspecified atom stereocenters. The Bertz CT molecular complexity index is 321. The van der Waals surface area contributed by atoms with Gasteiger partial charge in [0.15, 0.2) is 0 Å². The van der Waals surface area contributed by atoms with E-state index in [2.05, 4.69) is 0 Å². The van der Waals surface area contributed by atoms with Gasteiger partial charge >= 0.3 is 0 Å². The maximum Gasteiger partial charge on any atom is 0.123 e. The summed E-state index contributed by atoms with van der Waals surface area (Å²) >= 11 is 0. The lowest BCUT2D eigenvalue weighted by Crippen LogP contribution is -2.36. The first-order valence-electron chi connectivity index (χ1n) is 4.61. The second kappa shape index (κ2) is 4.07. The zero-order valence-corrected chi connectivity index (χ0v) is 8.55. The first kappa shape index (κ1) is 11.1. The molecule has 0 aliphatic heterocycles. The molecule has 78 valence electrons. The van der Waals surface area contributed by atoms with Crippen molar-refractivity contribution < 1.29 is 9.50 Å². The molecule has 1 aromatic carbocycles. The molecule has 1 aromatic rings. The number of aliphatic hydroxyl groups is 1. The van der Waals surface area contributed by atoms with E-state index in [4.69, 9.17) is 5.73 Å². The fourth-order valence-electron chi connectivity index (χ4n) is 1.56. The van der Waals surface area contributed by atoms with Gasteiger partial charge in [0.25, 0.3) is 0 Å². The number of aryl methyl sites for hydroxylation is 1. The summed E-state index contributed by atoms with van der Waals surface area (Å²) in [6.45, 7) is 4.00. The van der Waals surface area contributed by atoms with Gasteiger partial charge in [-0.05, 0) is 30.2 Å². The molecule has 0 aromatic heterocycles. The van der Waals surface area contributed by atoms with Crippen LogP contribution < -0.4 is 5.73 Å². The molecule has 0 aliphatic rings. The first-order chi connectivity index (χ1) is 6.53. The molecule has 0 aliphatic carbocycles. The summed E-state index contributed by atoms with van der Waals surface area (Å²) in [6.07, 6.45) is 0. The molecule has 0 radical (unpaired) electrons. The molecule has 0 bridgehead atoms. The van der Waals surface area contributed by atoms with Crippen LogP contribution in [0.4, 0.5) is 4.39 Å². The van der Waals surface area contributed by atoms with Gasteiger partial charge in [-0.3, -0.25) is 0 Å². The summed E-state index contributed by atoms with van der Waals surface area (Å²) in [7, 11) is 0. The fourth-order valence-corrected chi connectivity index (χ4v) is 1.56. The zero-order valence-electron chi connectivity index (χ0n) is 8.55. The van der Waals surface area contributed by atoms with E-state index in [0.717, 1.165) is 11.1 Å². The van der Waals surface area contributed by atoms with Crippen LogP contribution in [0.5, 0.6) is 0 Å². The highest BCUT2D eigenvalue weighted by molar-refractivity contribution is 5.33. The monoisotopic (exact) mass is 197 g/mol. The van der Waals surface area contributed by atoms with Crippen molar-refractivity contribution in [3.05, 3.63) is 35.1 Å². The largest absolute Gasteiger partial charge is 0.395 e. The second-order valence-electron chi connectivity index (χ2n) is 3.88. The highest BCUT2D eigenvalue weighted by Crippen LogP contribution is 2.25. The van der Waals surface area contributed by atoms with Crippen molar-refractivity contribution in [1.82, 2.24) is 0 Å². The standard InChI is InChI=1S/C11H16FNO/c1-8-5-9(12)3-4-10(8)11(2,6-13)7-14/h3-5,14H,6-7,13H2,1-2H3. The summed E-state index contributed by atoms with van der Waals surface area (Å²) in [4.78, 5) is 0. The average molecular weight is 197 g/mol. The van der Waals surface area contributed by atoms with Gasteiger partial charge in [0.2, 0.25) is 0 Å². The molecule has 3 N–H and O–H groups in total. The third kappa shape index (κ3) is 1.94. The van der Waals surface area contributed by atoms with E-state index in [9.17, 15) is 9.50 Å². The van der Waals surface area contributed by atoms with Crippen molar-refractivity contribution in [1.29, 1.82) is 0 Å². The molecule has 0 fully saturated rings. The van der Waals surface area contributed by atoms with Gasteiger partial charge in [-0.15, -0.1) is 0 Å². The van der Waals surface area contributed by atoms with E-state index < -0.39 is 5.41 Å². The van der Waals surface area contributed by atoms with E-state index in [-0.39, 0.29) is 12.4 Å². The highest BCUT2D eigenvalue weighted by Gasteiger charge is 2.25. The van der Waals surface area contributed by atoms with Gasteiger partial charge < -0.3 is 10.8 Å². The van der Waals surface area contributed by atoms with Crippen LogP contribution in [0, 0.1) is 12.7 Å². The van der Waals surface area contributed by atoms with Crippen molar-refractivity contribution >= 4 is 0 Å². The SMILES string of the molecule is Cc1cc(F)ccc1C(C)(CN)CO. The van der Waals surface area contributed by atoms with Crippen LogP contribution in [-0.2, 0) is 5.41 Å². The van der Waals surface area contributed by atoms with Crippen LogP contribution in [0.3, 0.4) is 0 Å². The third-order valence-corrected chi connectivity index (χ3v) is 2.64. The van der Waals surface area contributed by atoms with Gasteiger partial charge in [-0.25, -0.2) is 4.39 Å². The lowest BCUT2D eigenvalue weighted by Gasteiger charge is -2.27. The van der Waals surface area contributed by atoms with Crippen molar-refractivity contribution in [2.45, 2.75) is 19.3 Å². The summed E-state index contributed by atoms with van der Waals surface area (Å²) < 4.78 is 12.8. The number of rotatable bonds is 3. The molecule has 3 heteroatoms. The van der Waals surface area contributed by atoms with Crippen molar-refractivity contribution in [2.75, 3.05) is 13.2 Å². The molecule has 2 nitrogen and oxygen atoms in total. The van der Waals surface area contributed by atoms with Gasteiger partial charge in [0.1, 0.15) is 5.82 Å². The number of benzene rings is 1. The zero-order chi connectivity index (χ0) is 10.8. The number of aliphatic hydroxyl groups excluding tert-OH is 1. The molecular weight excluding hydrogens is 181 g/mol. The molecular formula is C11H16FNO. The van der Waals surface area contributed by atoms with Gasteiger partial charge in [0, 0.05) is 12.0 Å². The minimum Gasteiger partial charge on any atom is -0.395 e. The Morgan fingerprint density at radius 2 is 2.14 bits per heavy atom. The quantitative estimate of drug-likeness (QED) is 0.768. The van der Waals surface area contributed by atoms with E-state index in [1.165, 1.54) is 12.1 Å². The number of halogens is 1. The van der Waals surface area contributed by atoms with Gasteiger partial charge in [-0.2, -0.15) is 0 Å². The average Bonchev–Trinajstić information content (AvgIpc) is 2.17. The predicted octanol–water partition coefficient (Wildman–Crippen LogP) is 1.34. The first-order valence-corrected chi connectivity index (χ1v) is 4.61. The van der Waals surface area contributed by atoms with E-state index in [1.807, 2.05) is 13.8 Å². The Hall–Kier alpha value is -0.930. The third-order valence-electron chi connectivity index (χ3n) is 2.64. The van der Waals surface area contributed by atoms with Gasteiger partial charge in [0.05, 0.1) is 6.61 Å². The minimum atomic E-state index is -0.474. The maximum atomic E-state index is 12.8. The Kier molecular flexibility index (Phi) is 3.24. The summed E-state index contributed by atoms with van der Waals surface area (Å²) in [5.41, 5.74) is 6.86. The Morgan fingerprint density at radius 1 is 1.50 bits per heavy atom. The lowest BCUT2D eigenvalue weighted by molar-refractivity contribution is 0.209. The molecule has 14 heavy (non-hydrogen) atoms. The van der Waals surface area contributed by atoms with Gasteiger partial charge in [-0.1, -0.05) is 13.0 Å².